The van der Waals surface area contributed by atoms with Crippen molar-refractivity contribution in [1.82, 2.24) is 15.5 Å². The quantitative estimate of drug-likeness (QED) is 0.762. The highest BCUT2D eigenvalue weighted by Crippen LogP contribution is 2.20. The standard InChI is InChI=1S/C16H18FN3O3/c1-16(2,15(22)23)7-8-18-14(21)13-9-12(19-20-13)10-3-5-11(17)6-4-10/h3-6,9H,7-8H2,1-2H3,(H,18,21)(H,19,20)(H,22,23). The fourth-order valence-electron chi connectivity index (χ4n) is 1.90. The van der Waals surface area contributed by atoms with Gasteiger partial charge in [0.1, 0.15) is 11.5 Å². The first-order valence-corrected chi connectivity index (χ1v) is 7.12. The first-order chi connectivity index (χ1) is 10.8. The molecule has 1 heterocycles. The Hall–Kier alpha value is -2.70. The highest BCUT2D eigenvalue weighted by atomic mass is 19.1. The second kappa shape index (κ2) is 6.60. The molecule has 0 atom stereocenters. The van der Waals surface area contributed by atoms with Gasteiger partial charge in [0.2, 0.25) is 0 Å². The lowest BCUT2D eigenvalue weighted by atomic mass is 9.90. The summed E-state index contributed by atoms with van der Waals surface area (Å²) < 4.78 is 12.9. The topological polar surface area (TPSA) is 95.1 Å². The number of nitrogens with zero attached hydrogens (tertiary/aromatic N) is 1. The van der Waals surface area contributed by atoms with Crippen LogP contribution in [0, 0.1) is 11.2 Å². The lowest BCUT2D eigenvalue weighted by Gasteiger charge is -2.18. The van der Waals surface area contributed by atoms with Crippen LogP contribution in [-0.2, 0) is 4.79 Å². The molecule has 0 fully saturated rings. The molecule has 0 aliphatic heterocycles. The van der Waals surface area contributed by atoms with Gasteiger partial charge in [-0.25, -0.2) is 4.39 Å². The Labute approximate surface area is 132 Å². The zero-order valence-electron chi connectivity index (χ0n) is 12.9. The van der Waals surface area contributed by atoms with Crippen LogP contribution < -0.4 is 5.32 Å². The predicted octanol–water partition coefficient (Wildman–Crippen LogP) is 2.45. The fourth-order valence-corrected chi connectivity index (χ4v) is 1.90. The second-order valence-electron chi connectivity index (χ2n) is 5.87. The summed E-state index contributed by atoms with van der Waals surface area (Å²) in [7, 11) is 0. The predicted molar refractivity (Wildman–Crippen MR) is 82.3 cm³/mol. The number of H-pyrrole nitrogens is 1. The summed E-state index contributed by atoms with van der Waals surface area (Å²) in [4.78, 5) is 23.0. The maximum Gasteiger partial charge on any atom is 0.309 e. The van der Waals surface area contributed by atoms with Crippen molar-refractivity contribution < 1.29 is 19.1 Å². The lowest BCUT2D eigenvalue weighted by molar-refractivity contribution is -0.147. The van der Waals surface area contributed by atoms with E-state index in [1.165, 1.54) is 12.1 Å². The minimum atomic E-state index is -0.910. The number of carbonyl (C=O) groups excluding carboxylic acids is 1. The molecule has 0 unspecified atom stereocenters. The van der Waals surface area contributed by atoms with E-state index in [0.717, 1.165) is 0 Å². The van der Waals surface area contributed by atoms with Crippen molar-refractivity contribution in [3.05, 3.63) is 41.8 Å². The van der Waals surface area contributed by atoms with E-state index in [1.807, 2.05) is 0 Å². The number of nitrogens with one attached hydrogen (secondary N) is 2. The molecule has 0 saturated heterocycles. The van der Waals surface area contributed by atoms with Gasteiger partial charge in [-0.05, 0) is 50.6 Å². The molecule has 0 spiro atoms. The molecule has 0 aliphatic rings. The Morgan fingerprint density at radius 3 is 2.57 bits per heavy atom. The van der Waals surface area contributed by atoms with Gasteiger partial charge in [-0.3, -0.25) is 14.7 Å². The van der Waals surface area contributed by atoms with Gasteiger partial charge in [-0.2, -0.15) is 5.10 Å². The molecule has 6 nitrogen and oxygen atoms in total. The third-order valence-electron chi connectivity index (χ3n) is 3.58. The zero-order chi connectivity index (χ0) is 17.0. The van der Waals surface area contributed by atoms with Gasteiger partial charge in [-0.15, -0.1) is 0 Å². The average molecular weight is 319 g/mol. The van der Waals surface area contributed by atoms with Crippen LogP contribution in [0.1, 0.15) is 30.8 Å². The van der Waals surface area contributed by atoms with Crippen molar-refractivity contribution in [3.8, 4) is 11.3 Å². The van der Waals surface area contributed by atoms with E-state index in [9.17, 15) is 14.0 Å². The normalized spacial score (nSPS) is 11.3. The van der Waals surface area contributed by atoms with Crippen molar-refractivity contribution in [2.75, 3.05) is 6.54 Å². The van der Waals surface area contributed by atoms with E-state index in [1.54, 1.807) is 32.0 Å². The van der Waals surface area contributed by atoms with Crippen LogP contribution in [0.2, 0.25) is 0 Å². The molecular formula is C16H18FN3O3. The summed E-state index contributed by atoms with van der Waals surface area (Å²) in [5.41, 5.74) is 0.577. The summed E-state index contributed by atoms with van der Waals surface area (Å²) in [5.74, 6) is -1.62. The number of hydrogen-bond acceptors (Lipinski definition) is 3. The molecule has 1 aromatic carbocycles. The number of aromatic amines is 1. The number of carboxylic acid groups (broad SMARTS) is 1. The Bertz CT molecular complexity index is 708. The van der Waals surface area contributed by atoms with Gasteiger partial charge < -0.3 is 10.4 Å². The maximum absolute atomic E-state index is 12.9. The number of benzene rings is 1. The van der Waals surface area contributed by atoms with Crippen LogP contribution >= 0.6 is 0 Å². The van der Waals surface area contributed by atoms with Crippen molar-refractivity contribution in [2.24, 2.45) is 5.41 Å². The third kappa shape index (κ3) is 4.15. The molecule has 23 heavy (non-hydrogen) atoms. The first-order valence-electron chi connectivity index (χ1n) is 7.12. The Kier molecular flexibility index (Phi) is 4.78. The Morgan fingerprint density at radius 1 is 1.30 bits per heavy atom. The van der Waals surface area contributed by atoms with Gasteiger partial charge in [0.05, 0.1) is 11.1 Å². The van der Waals surface area contributed by atoms with Crippen LogP contribution in [0.3, 0.4) is 0 Å². The number of aliphatic carboxylic acids is 1. The smallest absolute Gasteiger partial charge is 0.309 e. The largest absolute Gasteiger partial charge is 0.481 e. The monoisotopic (exact) mass is 319 g/mol. The molecule has 1 amide bonds. The zero-order valence-corrected chi connectivity index (χ0v) is 12.9. The summed E-state index contributed by atoms with van der Waals surface area (Å²) in [6.07, 6.45) is 0.313. The molecule has 122 valence electrons. The molecule has 7 heteroatoms. The number of carboxylic acids is 1. The van der Waals surface area contributed by atoms with Gasteiger partial charge in [0, 0.05) is 12.1 Å². The molecular weight excluding hydrogens is 301 g/mol. The van der Waals surface area contributed by atoms with E-state index in [2.05, 4.69) is 15.5 Å². The number of halogens is 1. The van der Waals surface area contributed by atoms with Crippen LogP contribution in [-0.4, -0.2) is 33.7 Å². The summed E-state index contributed by atoms with van der Waals surface area (Å²) >= 11 is 0. The fraction of sp³-hybridized carbons (Fsp3) is 0.312. The van der Waals surface area contributed by atoms with Gasteiger partial charge in [-0.1, -0.05) is 0 Å². The van der Waals surface area contributed by atoms with Crippen LogP contribution in [0.5, 0.6) is 0 Å². The van der Waals surface area contributed by atoms with E-state index in [0.29, 0.717) is 17.7 Å². The van der Waals surface area contributed by atoms with E-state index in [-0.39, 0.29) is 24.0 Å². The van der Waals surface area contributed by atoms with E-state index < -0.39 is 11.4 Å². The number of hydrogen-bond donors (Lipinski definition) is 3. The van der Waals surface area contributed by atoms with Crippen LogP contribution in [0.15, 0.2) is 30.3 Å². The second-order valence-corrected chi connectivity index (χ2v) is 5.87. The van der Waals surface area contributed by atoms with E-state index in [4.69, 9.17) is 5.11 Å². The molecule has 2 rings (SSSR count). The third-order valence-corrected chi connectivity index (χ3v) is 3.58. The Morgan fingerprint density at radius 2 is 1.96 bits per heavy atom. The minimum absolute atomic E-state index is 0.239. The molecule has 0 aliphatic carbocycles. The molecule has 0 radical (unpaired) electrons. The van der Waals surface area contributed by atoms with Crippen molar-refractivity contribution in [2.45, 2.75) is 20.3 Å². The SMILES string of the molecule is CC(C)(CCNC(=O)c1cc(-c2ccc(F)cc2)n[nH]1)C(=O)O. The van der Waals surface area contributed by atoms with Crippen LogP contribution in [0.25, 0.3) is 11.3 Å². The van der Waals surface area contributed by atoms with Gasteiger partial charge >= 0.3 is 5.97 Å². The molecule has 2 aromatic rings. The van der Waals surface area contributed by atoms with Crippen molar-refractivity contribution >= 4 is 11.9 Å². The Balaban J connectivity index is 1.96. The minimum Gasteiger partial charge on any atom is -0.481 e. The highest BCUT2D eigenvalue weighted by Gasteiger charge is 2.26. The van der Waals surface area contributed by atoms with Gasteiger partial charge in [0.25, 0.3) is 5.91 Å². The number of rotatable bonds is 6. The lowest BCUT2D eigenvalue weighted by Crippen LogP contribution is -2.32. The highest BCUT2D eigenvalue weighted by molar-refractivity contribution is 5.93. The molecule has 3 N–H and O–H groups in total. The summed E-state index contributed by atoms with van der Waals surface area (Å²) in [6.45, 7) is 3.44. The number of carbonyl (C=O) groups is 2. The summed E-state index contributed by atoms with van der Waals surface area (Å²) in [5, 5.41) is 18.3. The maximum atomic E-state index is 12.9. The van der Waals surface area contributed by atoms with Gasteiger partial charge in [0.15, 0.2) is 0 Å². The number of amides is 1. The van der Waals surface area contributed by atoms with Crippen molar-refractivity contribution in [3.63, 3.8) is 0 Å². The number of aromatic nitrogens is 2. The summed E-state index contributed by atoms with van der Waals surface area (Å²) in [6, 6.07) is 7.34. The molecule has 1 aromatic heterocycles. The van der Waals surface area contributed by atoms with Crippen molar-refractivity contribution in [1.29, 1.82) is 0 Å². The van der Waals surface area contributed by atoms with E-state index >= 15 is 0 Å². The average Bonchev–Trinajstić information content (AvgIpc) is 2.97. The first kappa shape index (κ1) is 16.7. The molecule has 0 saturated carbocycles. The van der Waals surface area contributed by atoms with Crippen LogP contribution in [0.4, 0.5) is 4.39 Å². The molecule has 0 bridgehead atoms.